The van der Waals surface area contributed by atoms with Crippen LogP contribution in [0.2, 0.25) is 0 Å². The molecule has 0 aliphatic carbocycles. The van der Waals surface area contributed by atoms with Gasteiger partial charge in [-0.05, 0) is 31.0 Å². The highest BCUT2D eigenvalue weighted by Crippen LogP contribution is 2.33. The first kappa shape index (κ1) is 16.8. The average molecular weight is 310 g/mol. The van der Waals surface area contributed by atoms with Gasteiger partial charge in [0.25, 0.3) is 0 Å². The number of carbonyl (C=O) groups is 1. The number of benzene rings is 2. The molecule has 3 nitrogen and oxygen atoms in total. The molecule has 0 atom stereocenters. The van der Waals surface area contributed by atoms with Gasteiger partial charge in [0.15, 0.2) is 11.5 Å². The van der Waals surface area contributed by atoms with Crippen molar-refractivity contribution >= 4 is 6.29 Å². The lowest BCUT2D eigenvalue weighted by atomic mass is 10.1. The molecule has 0 heterocycles. The summed E-state index contributed by atoms with van der Waals surface area (Å²) < 4.78 is 11.6. The normalized spacial score (nSPS) is 10.1. The van der Waals surface area contributed by atoms with Crippen LogP contribution in [0.25, 0.3) is 0 Å². The molecule has 2 aromatic carbocycles. The Bertz CT molecular complexity index is 647. The van der Waals surface area contributed by atoms with Crippen LogP contribution in [-0.4, -0.2) is 19.5 Å². The highest BCUT2D eigenvalue weighted by atomic mass is 16.5. The van der Waals surface area contributed by atoms with E-state index in [1.807, 2.05) is 31.2 Å². The molecule has 0 aliphatic heterocycles. The highest BCUT2D eigenvalue weighted by molar-refractivity contribution is 5.77. The van der Waals surface area contributed by atoms with Crippen LogP contribution in [0.5, 0.6) is 11.5 Å². The first-order chi connectivity index (χ1) is 11.3. The molecule has 0 amide bonds. The Kier molecular flexibility index (Phi) is 6.42. The lowest BCUT2D eigenvalue weighted by Gasteiger charge is -2.16. The van der Waals surface area contributed by atoms with E-state index in [2.05, 4.69) is 18.7 Å². The van der Waals surface area contributed by atoms with Crippen LogP contribution in [0.1, 0.15) is 28.4 Å². The number of ether oxygens (including phenoxy) is 2. The zero-order valence-electron chi connectivity index (χ0n) is 13.5. The van der Waals surface area contributed by atoms with Crippen LogP contribution in [0.3, 0.4) is 0 Å². The van der Waals surface area contributed by atoms with Gasteiger partial charge in [0.1, 0.15) is 6.29 Å². The standard InChI is InChI=1S/C20H22O3/c1-3-8-18-13-17(15-21)14-19(22-4-2)20(18)23-12-11-16-9-6-5-7-10-16/h3,5-7,9-10,13-15H,1,4,8,11-12H2,2H3. The molecule has 0 saturated heterocycles. The zero-order valence-corrected chi connectivity index (χ0v) is 13.5. The lowest BCUT2D eigenvalue weighted by Crippen LogP contribution is -2.06. The summed E-state index contributed by atoms with van der Waals surface area (Å²) in [6.45, 7) is 6.75. The predicted octanol–water partition coefficient (Wildman–Crippen LogP) is 4.25. The van der Waals surface area contributed by atoms with Crippen molar-refractivity contribution in [3.8, 4) is 11.5 Å². The molecule has 120 valence electrons. The van der Waals surface area contributed by atoms with E-state index in [4.69, 9.17) is 9.47 Å². The SMILES string of the molecule is C=CCc1cc(C=O)cc(OCC)c1OCCc1ccccc1. The Morgan fingerprint density at radius 2 is 1.91 bits per heavy atom. The number of rotatable bonds is 9. The molecule has 0 N–H and O–H groups in total. The summed E-state index contributed by atoms with van der Waals surface area (Å²) in [5.74, 6) is 1.32. The Labute approximate surface area is 137 Å². The summed E-state index contributed by atoms with van der Waals surface area (Å²) in [5.41, 5.74) is 2.72. The van der Waals surface area contributed by atoms with Crippen molar-refractivity contribution < 1.29 is 14.3 Å². The molecule has 0 unspecified atom stereocenters. The van der Waals surface area contributed by atoms with Gasteiger partial charge in [-0.1, -0.05) is 36.4 Å². The van der Waals surface area contributed by atoms with E-state index < -0.39 is 0 Å². The van der Waals surface area contributed by atoms with Crippen LogP contribution in [0.4, 0.5) is 0 Å². The van der Waals surface area contributed by atoms with Gasteiger partial charge < -0.3 is 9.47 Å². The van der Waals surface area contributed by atoms with E-state index in [0.717, 1.165) is 18.3 Å². The third-order valence-corrected chi connectivity index (χ3v) is 3.43. The maximum absolute atomic E-state index is 11.1. The minimum Gasteiger partial charge on any atom is -0.490 e. The topological polar surface area (TPSA) is 35.5 Å². The quantitative estimate of drug-likeness (QED) is 0.513. The third kappa shape index (κ3) is 4.71. The molecule has 0 saturated carbocycles. The van der Waals surface area contributed by atoms with Crippen molar-refractivity contribution in [3.05, 3.63) is 71.8 Å². The Balaban J connectivity index is 2.19. The van der Waals surface area contributed by atoms with E-state index in [0.29, 0.717) is 36.7 Å². The van der Waals surface area contributed by atoms with Gasteiger partial charge in [-0.3, -0.25) is 4.79 Å². The monoisotopic (exact) mass is 310 g/mol. The zero-order chi connectivity index (χ0) is 16.5. The second-order valence-electron chi connectivity index (χ2n) is 5.14. The third-order valence-electron chi connectivity index (χ3n) is 3.43. The van der Waals surface area contributed by atoms with E-state index in [1.54, 1.807) is 12.1 Å². The highest BCUT2D eigenvalue weighted by Gasteiger charge is 2.13. The minimum absolute atomic E-state index is 0.519. The van der Waals surface area contributed by atoms with Crippen molar-refractivity contribution in [1.82, 2.24) is 0 Å². The fraction of sp³-hybridized carbons (Fsp3) is 0.250. The Morgan fingerprint density at radius 3 is 2.57 bits per heavy atom. The summed E-state index contributed by atoms with van der Waals surface area (Å²) in [4.78, 5) is 11.1. The van der Waals surface area contributed by atoms with Crippen molar-refractivity contribution in [1.29, 1.82) is 0 Å². The fourth-order valence-electron chi connectivity index (χ4n) is 2.40. The van der Waals surface area contributed by atoms with Crippen LogP contribution in [0.15, 0.2) is 55.1 Å². The molecule has 23 heavy (non-hydrogen) atoms. The van der Waals surface area contributed by atoms with Gasteiger partial charge in [-0.25, -0.2) is 0 Å². The Hall–Kier alpha value is -2.55. The average Bonchev–Trinajstić information content (AvgIpc) is 2.58. The van der Waals surface area contributed by atoms with Gasteiger partial charge in [0.05, 0.1) is 13.2 Å². The first-order valence-corrected chi connectivity index (χ1v) is 7.81. The Morgan fingerprint density at radius 1 is 1.13 bits per heavy atom. The summed E-state index contributed by atoms with van der Waals surface area (Å²) in [5, 5.41) is 0. The van der Waals surface area contributed by atoms with Crippen LogP contribution < -0.4 is 9.47 Å². The molecular formula is C20H22O3. The largest absolute Gasteiger partial charge is 0.490 e. The van der Waals surface area contributed by atoms with E-state index >= 15 is 0 Å². The summed E-state index contributed by atoms with van der Waals surface area (Å²) in [6, 6.07) is 13.7. The molecule has 0 fully saturated rings. The summed E-state index contributed by atoms with van der Waals surface area (Å²) in [6.07, 6.45) is 4.06. The lowest BCUT2D eigenvalue weighted by molar-refractivity contribution is 0.112. The van der Waals surface area contributed by atoms with Crippen LogP contribution in [-0.2, 0) is 12.8 Å². The number of carbonyl (C=O) groups excluding carboxylic acids is 1. The van der Waals surface area contributed by atoms with Crippen molar-refractivity contribution in [2.24, 2.45) is 0 Å². The summed E-state index contributed by atoms with van der Waals surface area (Å²) >= 11 is 0. The van der Waals surface area contributed by atoms with Crippen molar-refractivity contribution in [3.63, 3.8) is 0 Å². The second kappa shape index (κ2) is 8.79. The molecular weight excluding hydrogens is 288 g/mol. The molecule has 0 radical (unpaired) electrons. The van der Waals surface area contributed by atoms with Gasteiger partial charge in [0.2, 0.25) is 0 Å². The molecule has 2 rings (SSSR count). The van der Waals surface area contributed by atoms with Gasteiger partial charge in [-0.15, -0.1) is 6.58 Å². The molecule has 0 aromatic heterocycles. The maximum atomic E-state index is 11.1. The predicted molar refractivity (Wildman–Crippen MR) is 92.5 cm³/mol. The molecule has 0 spiro atoms. The number of hydrogen-bond donors (Lipinski definition) is 0. The minimum atomic E-state index is 0.519. The summed E-state index contributed by atoms with van der Waals surface area (Å²) in [7, 11) is 0. The van der Waals surface area contributed by atoms with E-state index in [-0.39, 0.29) is 0 Å². The fourth-order valence-corrected chi connectivity index (χ4v) is 2.40. The van der Waals surface area contributed by atoms with Gasteiger partial charge in [0, 0.05) is 17.5 Å². The van der Waals surface area contributed by atoms with Gasteiger partial charge >= 0.3 is 0 Å². The van der Waals surface area contributed by atoms with E-state index in [9.17, 15) is 4.79 Å². The second-order valence-corrected chi connectivity index (χ2v) is 5.14. The molecule has 2 aromatic rings. The number of hydrogen-bond acceptors (Lipinski definition) is 3. The maximum Gasteiger partial charge on any atom is 0.164 e. The smallest absolute Gasteiger partial charge is 0.164 e. The molecule has 3 heteroatoms. The first-order valence-electron chi connectivity index (χ1n) is 7.81. The number of aldehydes is 1. The van der Waals surface area contributed by atoms with Crippen molar-refractivity contribution in [2.75, 3.05) is 13.2 Å². The molecule has 0 aliphatic rings. The van der Waals surface area contributed by atoms with Crippen molar-refractivity contribution in [2.45, 2.75) is 19.8 Å². The number of allylic oxidation sites excluding steroid dienone is 1. The molecule has 0 bridgehead atoms. The van der Waals surface area contributed by atoms with Crippen LogP contribution >= 0.6 is 0 Å². The van der Waals surface area contributed by atoms with Crippen LogP contribution in [0, 0.1) is 0 Å². The van der Waals surface area contributed by atoms with Gasteiger partial charge in [-0.2, -0.15) is 0 Å². The van der Waals surface area contributed by atoms with E-state index in [1.165, 1.54) is 5.56 Å².